The van der Waals surface area contributed by atoms with Crippen LogP contribution in [0, 0.1) is 10.1 Å². The van der Waals surface area contributed by atoms with Crippen LogP contribution >= 0.6 is 0 Å². The fourth-order valence-electron chi connectivity index (χ4n) is 1.93. The second kappa shape index (κ2) is 6.47. The zero-order valence-electron chi connectivity index (χ0n) is 11.0. The molecule has 0 aliphatic heterocycles. The molecule has 0 saturated heterocycles. The second-order valence-electron chi connectivity index (χ2n) is 4.26. The van der Waals surface area contributed by atoms with Crippen molar-refractivity contribution in [3.63, 3.8) is 0 Å². The minimum absolute atomic E-state index is 0.191. The first kappa shape index (κ1) is 14.4. The molecule has 7 nitrogen and oxygen atoms in total. The van der Waals surface area contributed by atoms with Gasteiger partial charge < -0.3 is 10.4 Å². The Morgan fingerprint density at radius 1 is 1.29 bits per heavy atom. The van der Waals surface area contributed by atoms with Gasteiger partial charge in [0.05, 0.1) is 4.92 Å². The van der Waals surface area contributed by atoms with Crippen LogP contribution in [-0.4, -0.2) is 27.5 Å². The first-order valence-corrected chi connectivity index (χ1v) is 6.24. The largest absolute Gasteiger partial charge is 0.477 e. The maximum Gasteiger partial charge on any atom is 0.342 e. The molecule has 1 aromatic heterocycles. The van der Waals surface area contributed by atoms with Gasteiger partial charge in [0.2, 0.25) is 0 Å². The first-order chi connectivity index (χ1) is 10.1. The molecule has 0 amide bonds. The Kier molecular flexibility index (Phi) is 4.45. The van der Waals surface area contributed by atoms with E-state index in [9.17, 15) is 14.9 Å². The van der Waals surface area contributed by atoms with Crippen LogP contribution in [0.1, 0.15) is 16.1 Å². The van der Waals surface area contributed by atoms with Gasteiger partial charge in [0, 0.05) is 24.9 Å². The molecular weight excluding hydrogens is 274 g/mol. The Hall–Kier alpha value is -2.96. The van der Waals surface area contributed by atoms with Crippen LogP contribution in [-0.2, 0) is 6.42 Å². The van der Waals surface area contributed by atoms with Crippen molar-refractivity contribution in [2.45, 2.75) is 6.42 Å². The average Bonchev–Trinajstić information content (AvgIpc) is 2.47. The van der Waals surface area contributed by atoms with E-state index in [1.165, 1.54) is 18.2 Å². The van der Waals surface area contributed by atoms with Crippen LogP contribution in [0.25, 0.3) is 0 Å². The number of aromatic carboxylic acids is 1. The van der Waals surface area contributed by atoms with E-state index in [2.05, 4.69) is 10.3 Å². The number of aromatic nitrogens is 1. The molecule has 0 atom stereocenters. The van der Waals surface area contributed by atoms with Gasteiger partial charge in [0.25, 0.3) is 0 Å². The van der Waals surface area contributed by atoms with E-state index >= 15 is 0 Å². The lowest BCUT2D eigenvalue weighted by Gasteiger charge is -2.08. The van der Waals surface area contributed by atoms with E-state index in [1.807, 2.05) is 12.1 Å². The van der Waals surface area contributed by atoms with E-state index in [-0.39, 0.29) is 11.3 Å². The Balaban J connectivity index is 2.14. The van der Waals surface area contributed by atoms with Gasteiger partial charge in [0.1, 0.15) is 11.3 Å². The van der Waals surface area contributed by atoms with Crippen molar-refractivity contribution in [3.8, 4) is 0 Å². The Labute approximate surface area is 120 Å². The van der Waals surface area contributed by atoms with Gasteiger partial charge in [-0.15, -0.1) is 0 Å². The minimum Gasteiger partial charge on any atom is -0.477 e. The highest BCUT2D eigenvalue weighted by Gasteiger charge is 2.23. The number of para-hydroxylation sites is 1. The van der Waals surface area contributed by atoms with Crippen molar-refractivity contribution in [2.24, 2.45) is 0 Å². The summed E-state index contributed by atoms with van der Waals surface area (Å²) in [6.45, 7) is 0.418. The average molecular weight is 287 g/mol. The Bertz CT molecular complexity index is 659. The summed E-state index contributed by atoms with van der Waals surface area (Å²) in [6.07, 6.45) is 2.25. The molecule has 0 unspecified atom stereocenters. The van der Waals surface area contributed by atoms with Crippen LogP contribution in [0.4, 0.5) is 11.4 Å². The number of anilines is 1. The predicted molar refractivity (Wildman–Crippen MR) is 76.5 cm³/mol. The number of hydrogen-bond donors (Lipinski definition) is 2. The van der Waals surface area contributed by atoms with Crippen LogP contribution < -0.4 is 5.32 Å². The van der Waals surface area contributed by atoms with E-state index in [0.29, 0.717) is 13.0 Å². The number of carboxylic acids is 1. The summed E-state index contributed by atoms with van der Waals surface area (Å²) in [7, 11) is 0. The number of rotatable bonds is 6. The van der Waals surface area contributed by atoms with Crippen LogP contribution in [0.2, 0.25) is 0 Å². The normalized spacial score (nSPS) is 10.1. The van der Waals surface area contributed by atoms with Gasteiger partial charge in [-0.3, -0.25) is 15.1 Å². The number of pyridine rings is 1. The quantitative estimate of drug-likeness (QED) is 0.624. The molecule has 108 valence electrons. The van der Waals surface area contributed by atoms with Crippen molar-refractivity contribution in [3.05, 3.63) is 64.0 Å². The van der Waals surface area contributed by atoms with E-state index in [1.54, 1.807) is 12.3 Å². The Morgan fingerprint density at radius 2 is 2.10 bits per heavy atom. The van der Waals surface area contributed by atoms with Crippen LogP contribution in [0.3, 0.4) is 0 Å². The molecule has 0 spiro atoms. The third-order valence-corrected chi connectivity index (χ3v) is 2.87. The standard InChI is InChI=1S/C14H13N3O4/c18-14(19)11-5-3-6-12(13(11)17(20)21)16-9-7-10-4-1-2-8-15-10/h1-6,8,16H,7,9H2,(H,18,19). The lowest BCUT2D eigenvalue weighted by molar-refractivity contribution is -0.384. The number of nitro groups is 1. The molecule has 0 bridgehead atoms. The molecule has 7 heteroatoms. The molecule has 0 saturated carbocycles. The first-order valence-electron chi connectivity index (χ1n) is 6.24. The topological polar surface area (TPSA) is 105 Å². The lowest BCUT2D eigenvalue weighted by Crippen LogP contribution is -2.10. The third kappa shape index (κ3) is 3.53. The molecule has 21 heavy (non-hydrogen) atoms. The molecule has 0 radical (unpaired) electrons. The highest BCUT2D eigenvalue weighted by atomic mass is 16.6. The third-order valence-electron chi connectivity index (χ3n) is 2.87. The fraction of sp³-hybridized carbons (Fsp3) is 0.143. The summed E-state index contributed by atoms with van der Waals surface area (Å²) in [5.74, 6) is -1.32. The summed E-state index contributed by atoms with van der Waals surface area (Å²) >= 11 is 0. The Morgan fingerprint density at radius 3 is 2.71 bits per heavy atom. The van der Waals surface area contributed by atoms with E-state index in [0.717, 1.165) is 5.69 Å². The summed E-state index contributed by atoms with van der Waals surface area (Å²) in [5, 5.41) is 23.0. The lowest BCUT2D eigenvalue weighted by atomic mass is 10.1. The van der Waals surface area contributed by atoms with Crippen LogP contribution in [0.15, 0.2) is 42.6 Å². The van der Waals surface area contributed by atoms with Crippen molar-refractivity contribution in [2.75, 3.05) is 11.9 Å². The molecule has 1 aromatic carbocycles. The van der Waals surface area contributed by atoms with Crippen molar-refractivity contribution in [1.29, 1.82) is 0 Å². The molecule has 2 N–H and O–H groups in total. The second-order valence-corrected chi connectivity index (χ2v) is 4.26. The number of hydrogen-bond acceptors (Lipinski definition) is 5. The molecular formula is C14H13N3O4. The number of nitrogens with one attached hydrogen (secondary N) is 1. The highest BCUT2D eigenvalue weighted by molar-refractivity contribution is 5.95. The maximum absolute atomic E-state index is 11.1. The molecule has 0 aliphatic rings. The molecule has 0 aliphatic carbocycles. The monoisotopic (exact) mass is 287 g/mol. The number of benzene rings is 1. The molecule has 0 fully saturated rings. The molecule has 2 aromatic rings. The van der Waals surface area contributed by atoms with Gasteiger partial charge in [0.15, 0.2) is 0 Å². The number of carbonyl (C=O) groups is 1. The number of nitro benzene ring substituents is 1. The van der Waals surface area contributed by atoms with Crippen molar-refractivity contribution >= 4 is 17.3 Å². The summed E-state index contributed by atoms with van der Waals surface area (Å²) in [4.78, 5) is 25.6. The number of nitrogens with zero attached hydrogens (tertiary/aromatic N) is 2. The SMILES string of the molecule is O=C(O)c1cccc(NCCc2ccccn2)c1[N+](=O)[O-]. The predicted octanol–water partition coefficient (Wildman–Crippen LogP) is 2.34. The smallest absolute Gasteiger partial charge is 0.342 e. The van der Waals surface area contributed by atoms with Gasteiger partial charge in [-0.25, -0.2) is 4.79 Å². The minimum atomic E-state index is -1.32. The molecule has 1 heterocycles. The highest BCUT2D eigenvalue weighted by Crippen LogP contribution is 2.28. The van der Waals surface area contributed by atoms with E-state index in [4.69, 9.17) is 5.11 Å². The zero-order chi connectivity index (χ0) is 15.2. The van der Waals surface area contributed by atoms with Gasteiger partial charge in [-0.05, 0) is 24.3 Å². The fourth-order valence-corrected chi connectivity index (χ4v) is 1.93. The maximum atomic E-state index is 11.1. The van der Waals surface area contributed by atoms with Gasteiger partial charge >= 0.3 is 11.7 Å². The summed E-state index contributed by atoms with van der Waals surface area (Å²) in [5.41, 5.74) is 0.284. The summed E-state index contributed by atoms with van der Waals surface area (Å²) < 4.78 is 0. The van der Waals surface area contributed by atoms with Crippen molar-refractivity contribution in [1.82, 2.24) is 4.98 Å². The zero-order valence-corrected chi connectivity index (χ0v) is 11.0. The number of carboxylic acid groups (broad SMARTS) is 1. The van der Waals surface area contributed by atoms with Gasteiger partial charge in [-0.1, -0.05) is 12.1 Å². The van der Waals surface area contributed by atoms with Crippen molar-refractivity contribution < 1.29 is 14.8 Å². The summed E-state index contributed by atoms with van der Waals surface area (Å²) in [6, 6.07) is 9.69. The van der Waals surface area contributed by atoms with E-state index < -0.39 is 16.6 Å². The van der Waals surface area contributed by atoms with Crippen LogP contribution in [0.5, 0.6) is 0 Å². The molecule has 2 rings (SSSR count). The van der Waals surface area contributed by atoms with Gasteiger partial charge in [-0.2, -0.15) is 0 Å².